The summed E-state index contributed by atoms with van der Waals surface area (Å²) in [7, 11) is 4.45. The van der Waals surface area contributed by atoms with Gasteiger partial charge in [0.15, 0.2) is 0 Å². The third kappa shape index (κ3) is 3.15. The van der Waals surface area contributed by atoms with Crippen LogP contribution >= 0.6 is 0 Å². The van der Waals surface area contributed by atoms with Gasteiger partial charge in [0.25, 0.3) is 0 Å². The van der Waals surface area contributed by atoms with Crippen LogP contribution in [0, 0.1) is 0 Å². The summed E-state index contributed by atoms with van der Waals surface area (Å²) >= 11 is 0. The van der Waals surface area contributed by atoms with E-state index in [9.17, 15) is 0 Å². The van der Waals surface area contributed by atoms with Gasteiger partial charge in [0.1, 0.15) is 0 Å². The fraction of sp³-hybridized carbons (Fsp3) is 0.846. The Morgan fingerprint density at radius 2 is 1.27 bits per heavy atom. The Morgan fingerprint density at radius 1 is 0.867 bits per heavy atom. The zero-order chi connectivity index (χ0) is 11.3. The van der Waals surface area contributed by atoms with Gasteiger partial charge in [0, 0.05) is 25.5 Å². The first-order chi connectivity index (χ1) is 7.20. The molecule has 0 amide bonds. The lowest BCUT2D eigenvalue weighted by Crippen LogP contribution is -2.21. The molecule has 1 heterocycles. The predicted octanol–water partition coefficient (Wildman–Crippen LogP) is 3.41. The first-order valence-electron chi connectivity index (χ1n) is 6.35. The molecule has 0 aromatic rings. The largest absolute Gasteiger partial charge is 0.359 e. The third-order valence-corrected chi connectivity index (χ3v) is 3.21. The van der Waals surface area contributed by atoms with E-state index in [0.717, 1.165) is 6.67 Å². The highest BCUT2D eigenvalue weighted by Crippen LogP contribution is 2.28. The summed E-state index contributed by atoms with van der Waals surface area (Å²) in [5, 5.41) is 0. The Morgan fingerprint density at radius 3 is 1.60 bits per heavy atom. The van der Waals surface area contributed by atoms with Crippen LogP contribution in [0.3, 0.4) is 0 Å². The monoisotopic (exact) mass is 210 g/mol. The van der Waals surface area contributed by atoms with E-state index in [1.807, 2.05) is 0 Å². The maximum atomic E-state index is 2.42. The minimum absolute atomic E-state index is 1.08. The molecule has 0 saturated carbocycles. The molecule has 0 atom stereocenters. The lowest BCUT2D eigenvalue weighted by Gasteiger charge is -2.16. The molecule has 0 spiro atoms. The number of allylic oxidation sites excluding steroid dienone is 2. The smallest absolute Gasteiger partial charge is 0.0892 e. The van der Waals surface area contributed by atoms with Crippen LogP contribution in [0.2, 0.25) is 0 Å². The van der Waals surface area contributed by atoms with Crippen LogP contribution in [0.25, 0.3) is 0 Å². The van der Waals surface area contributed by atoms with E-state index in [2.05, 4.69) is 37.7 Å². The number of rotatable bonds is 6. The second-order valence-corrected chi connectivity index (χ2v) is 4.64. The molecule has 2 nitrogen and oxygen atoms in total. The maximum Gasteiger partial charge on any atom is 0.0892 e. The van der Waals surface area contributed by atoms with Crippen LogP contribution in [-0.2, 0) is 0 Å². The highest BCUT2D eigenvalue weighted by Gasteiger charge is 2.22. The predicted molar refractivity (Wildman–Crippen MR) is 66.5 cm³/mol. The average molecular weight is 210 g/mol. The SMILES string of the molecule is CCCCC1=C(CCCC)N(C)CN1C. The summed E-state index contributed by atoms with van der Waals surface area (Å²) < 4.78 is 0. The Kier molecular flexibility index (Phi) is 5.00. The Bertz CT molecular complexity index is 199. The molecular weight excluding hydrogens is 184 g/mol. The minimum atomic E-state index is 1.08. The van der Waals surface area contributed by atoms with Crippen molar-refractivity contribution in [3.8, 4) is 0 Å². The first-order valence-corrected chi connectivity index (χ1v) is 6.35. The van der Waals surface area contributed by atoms with Crippen LogP contribution in [0.1, 0.15) is 52.4 Å². The highest BCUT2D eigenvalue weighted by molar-refractivity contribution is 5.16. The van der Waals surface area contributed by atoms with E-state index >= 15 is 0 Å². The van der Waals surface area contributed by atoms with E-state index in [-0.39, 0.29) is 0 Å². The third-order valence-electron chi connectivity index (χ3n) is 3.21. The lowest BCUT2D eigenvalue weighted by molar-refractivity contribution is 0.308. The number of hydrogen-bond acceptors (Lipinski definition) is 2. The standard InChI is InChI=1S/C13H26N2/c1-5-7-9-12-13(10-8-6-2)15(4)11-14(12)3/h5-11H2,1-4H3. The molecule has 1 aliphatic heterocycles. The van der Waals surface area contributed by atoms with Gasteiger partial charge in [-0.15, -0.1) is 0 Å². The molecule has 1 rings (SSSR count). The normalized spacial score (nSPS) is 16.8. The summed E-state index contributed by atoms with van der Waals surface area (Å²) in [4.78, 5) is 4.83. The van der Waals surface area contributed by atoms with E-state index in [1.165, 1.54) is 38.5 Å². The summed E-state index contributed by atoms with van der Waals surface area (Å²) in [5.74, 6) is 0. The van der Waals surface area contributed by atoms with Crippen molar-refractivity contribution >= 4 is 0 Å². The minimum Gasteiger partial charge on any atom is -0.359 e. The number of hydrogen-bond donors (Lipinski definition) is 0. The summed E-state index contributed by atoms with van der Waals surface area (Å²) in [5.41, 5.74) is 3.18. The quantitative estimate of drug-likeness (QED) is 0.663. The summed E-state index contributed by atoms with van der Waals surface area (Å²) in [6, 6.07) is 0. The van der Waals surface area contributed by atoms with Gasteiger partial charge < -0.3 is 9.80 Å². The zero-order valence-corrected chi connectivity index (χ0v) is 10.8. The molecule has 0 bridgehead atoms. The lowest BCUT2D eigenvalue weighted by atomic mass is 10.1. The van der Waals surface area contributed by atoms with Crippen molar-refractivity contribution in [3.05, 3.63) is 11.4 Å². The Hall–Kier alpha value is -0.660. The van der Waals surface area contributed by atoms with Crippen molar-refractivity contribution < 1.29 is 0 Å². The second-order valence-electron chi connectivity index (χ2n) is 4.64. The molecule has 0 saturated heterocycles. The van der Waals surface area contributed by atoms with Crippen LogP contribution < -0.4 is 0 Å². The van der Waals surface area contributed by atoms with Crippen molar-refractivity contribution in [2.75, 3.05) is 20.8 Å². The van der Waals surface area contributed by atoms with Crippen LogP contribution in [0.15, 0.2) is 11.4 Å². The van der Waals surface area contributed by atoms with Crippen molar-refractivity contribution in [2.45, 2.75) is 52.4 Å². The molecule has 1 aliphatic rings. The van der Waals surface area contributed by atoms with Gasteiger partial charge in [-0.3, -0.25) is 0 Å². The highest BCUT2D eigenvalue weighted by atomic mass is 15.3. The second kappa shape index (κ2) is 6.04. The summed E-state index contributed by atoms with van der Waals surface area (Å²) in [6.07, 6.45) is 7.75. The molecule has 88 valence electrons. The van der Waals surface area contributed by atoms with Gasteiger partial charge in [-0.25, -0.2) is 0 Å². The fourth-order valence-corrected chi connectivity index (χ4v) is 2.29. The van der Waals surface area contributed by atoms with Crippen molar-refractivity contribution in [3.63, 3.8) is 0 Å². The van der Waals surface area contributed by atoms with Gasteiger partial charge in [-0.2, -0.15) is 0 Å². The van der Waals surface area contributed by atoms with E-state index in [0.29, 0.717) is 0 Å². The Labute approximate surface area is 94.9 Å². The van der Waals surface area contributed by atoms with Gasteiger partial charge in [0.05, 0.1) is 6.67 Å². The number of unbranched alkanes of at least 4 members (excludes halogenated alkanes) is 2. The van der Waals surface area contributed by atoms with Crippen molar-refractivity contribution in [2.24, 2.45) is 0 Å². The molecule has 15 heavy (non-hydrogen) atoms. The number of nitrogens with zero attached hydrogens (tertiary/aromatic N) is 2. The molecule has 0 unspecified atom stereocenters. The molecule has 2 heteroatoms. The molecule has 0 aliphatic carbocycles. The van der Waals surface area contributed by atoms with Gasteiger partial charge >= 0.3 is 0 Å². The van der Waals surface area contributed by atoms with Gasteiger partial charge in [0.2, 0.25) is 0 Å². The zero-order valence-electron chi connectivity index (χ0n) is 10.8. The van der Waals surface area contributed by atoms with E-state index in [1.54, 1.807) is 11.4 Å². The Balaban J connectivity index is 2.64. The van der Waals surface area contributed by atoms with Gasteiger partial charge in [-0.1, -0.05) is 26.7 Å². The van der Waals surface area contributed by atoms with Gasteiger partial charge in [-0.05, 0) is 25.7 Å². The molecule has 0 aromatic heterocycles. The molecule has 0 fully saturated rings. The van der Waals surface area contributed by atoms with E-state index < -0.39 is 0 Å². The van der Waals surface area contributed by atoms with Crippen molar-refractivity contribution in [1.29, 1.82) is 0 Å². The average Bonchev–Trinajstić information content (AvgIpc) is 2.47. The molecule has 0 radical (unpaired) electrons. The van der Waals surface area contributed by atoms with E-state index in [4.69, 9.17) is 0 Å². The van der Waals surface area contributed by atoms with Crippen molar-refractivity contribution in [1.82, 2.24) is 9.80 Å². The van der Waals surface area contributed by atoms with Crippen LogP contribution in [-0.4, -0.2) is 30.6 Å². The van der Waals surface area contributed by atoms with Crippen LogP contribution in [0.4, 0.5) is 0 Å². The topological polar surface area (TPSA) is 6.48 Å². The summed E-state index contributed by atoms with van der Waals surface area (Å²) in [6.45, 7) is 5.62. The molecular formula is C13H26N2. The molecule has 0 N–H and O–H groups in total. The first kappa shape index (κ1) is 12.4. The van der Waals surface area contributed by atoms with Crippen LogP contribution in [0.5, 0.6) is 0 Å². The maximum absolute atomic E-state index is 2.42. The molecule has 0 aromatic carbocycles. The fourth-order valence-electron chi connectivity index (χ4n) is 2.29.